The van der Waals surface area contributed by atoms with Crippen LogP contribution in [0.25, 0.3) is 5.69 Å². The van der Waals surface area contributed by atoms with Crippen molar-refractivity contribution >= 4 is 46.6 Å². The second-order valence-corrected chi connectivity index (χ2v) is 10.5. The zero-order valence-electron chi connectivity index (χ0n) is 19.3. The number of aryl methyl sites for hydroxylation is 2. The number of hydrogen-bond donors (Lipinski definition) is 0. The summed E-state index contributed by atoms with van der Waals surface area (Å²) in [5.41, 5.74) is 3.44. The Balaban J connectivity index is 1.57. The Hall–Kier alpha value is -2.78. The fourth-order valence-electron chi connectivity index (χ4n) is 3.51. The van der Waals surface area contributed by atoms with Crippen LogP contribution in [-0.2, 0) is 6.61 Å². The first-order chi connectivity index (χ1) is 17.2. The van der Waals surface area contributed by atoms with Crippen molar-refractivity contribution in [3.63, 3.8) is 0 Å². The van der Waals surface area contributed by atoms with Gasteiger partial charge >= 0.3 is 0 Å². The van der Waals surface area contributed by atoms with E-state index in [1.807, 2.05) is 42.7 Å². The second kappa shape index (κ2) is 11.5. The lowest BCUT2D eigenvalue weighted by Crippen LogP contribution is -2.11. The van der Waals surface area contributed by atoms with Crippen LogP contribution in [0, 0.1) is 24.0 Å². The largest absolute Gasteiger partial charge is 0.487 e. The van der Waals surface area contributed by atoms with Crippen molar-refractivity contribution in [2.45, 2.75) is 30.9 Å². The van der Waals surface area contributed by atoms with Crippen LogP contribution in [0.15, 0.2) is 65.8 Å². The van der Waals surface area contributed by atoms with Crippen molar-refractivity contribution in [2.75, 3.05) is 6.54 Å². The molecule has 0 unspecified atom stereocenters. The molecule has 11 heteroatoms. The van der Waals surface area contributed by atoms with E-state index in [-0.39, 0.29) is 18.1 Å². The summed E-state index contributed by atoms with van der Waals surface area (Å²) in [5, 5.41) is 21.3. The van der Waals surface area contributed by atoms with E-state index in [2.05, 4.69) is 10.2 Å². The maximum absolute atomic E-state index is 11.5. The highest BCUT2D eigenvalue weighted by atomic mass is 35.5. The molecule has 4 rings (SSSR count). The summed E-state index contributed by atoms with van der Waals surface area (Å²) in [4.78, 5) is 11.2. The Labute approximate surface area is 227 Å². The molecule has 0 saturated carbocycles. The van der Waals surface area contributed by atoms with E-state index in [0.29, 0.717) is 37.4 Å². The van der Waals surface area contributed by atoms with Crippen LogP contribution in [0.5, 0.6) is 5.75 Å². The van der Waals surface area contributed by atoms with Crippen molar-refractivity contribution in [2.24, 2.45) is 0 Å². The summed E-state index contributed by atoms with van der Waals surface area (Å²) in [7, 11) is 0. The van der Waals surface area contributed by atoms with Gasteiger partial charge in [0.2, 0.25) is 6.54 Å². The number of rotatable bonds is 9. The lowest BCUT2D eigenvalue weighted by molar-refractivity contribution is -0.479. The lowest BCUT2D eigenvalue weighted by atomic mass is 10.1. The van der Waals surface area contributed by atoms with Gasteiger partial charge in [0.15, 0.2) is 5.16 Å². The molecule has 7 nitrogen and oxygen atoms in total. The van der Waals surface area contributed by atoms with E-state index in [1.165, 1.54) is 11.8 Å². The van der Waals surface area contributed by atoms with E-state index < -0.39 is 5.25 Å². The first-order valence-electron chi connectivity index (χ1n) is 10.8. The molecule has 1 aromatic heterocycles. The van der Waals surface area contributed by atoms with Crippen LogP contribution in [0.2, 0.25) is 15.1 Å². The number of nitro groups is 1. The molecular formula is C25H21Cl3N4O3S. The van der Waals surface area contributed by atoms with Gasteiger partial charge in [-0.2, -0.15) is 0 Å². The third-order valence-corrected chi connectivity index (χ3v) is 7.44. The van der Waals surface area contributed by atoms with Crippen LogP contribution >= 0.6 is 46.6 Å². The molecule has 0 N–H and O–H groups in total. The minimum Gasteiger partial charge on any atom is -0.487 e. The third-order valence-electron chi connectivity index (χ3n) is 5.38. The first-order valence-corrected chi connectivity index (χ1v) is 12.9. The fraction of sp³-hybridized carbons (Fsp3) is 0.200. The van der Waals surface area contributed by atoms with Gasteiger partial charge in [0.25, 0.3) is 0 Å². The van der Waals surface area contributed by atoms with Gasteiger partial charge in [-0.05, 0) is 55.8 Å². The molecular weight excluding hydrogens is 543 g/mol. The highest BCUT2D eigenvalue weighted by Crippen LogP contribution is 2.39. The van der Waals surface area contributed by atoms with Gasteiger partial charge in [0.05, 0.1) is 5.02 Å². The number of halogens is 3. The summed E-state index contributed by atoms with van der Waals surface area (Å²) >= 11 is 19.9. The van der Waals surface area contributed by atoms with Gasteiger partial charge in [0.1, 0.15) is 23.4 Å². The number of ether oxygens (including phenoxy) is 1. The van der Waals surface area contributed by atoms with Crippen molar-refractivity contribution < 1.29 is 9.66 Å². The number of hydrogen-bond acceptors (Lipinski definition) is 6. The summed E-state index contributed by atoms with van der Waals surface area (Å²) in [6.45, 7) is 3.73. The summed E-state index contributed by atoms with van der Waals surface area (Å²) in [6, 6.07) is 18.2. The predicted molar refractivity (Wildman–Crippen MR) is 144 cm³/mol. The average Bonchev–Trinajstić information content (AvgIpc) is 3.19. The molecule has 1 atom stereocenters. The van der Waals surface area contributed by atoms with Crippen LogP contribution < -0.4 is 4.74 Å². The van der Waals surface area contributed by atoms with Crippen LogP contribution in [-0.4, -0.2) is 26.2 Å². The third kappa shape index (κ3) is 6.31. The van der Waals surface area contributed by atoms with Crippen LogP contribution in [0.1, 0.15) is 27.8 Å². The smallest absolute Gasteiger partial charge is 0.220 e. The Morgan fingerprint density at radius 1 is 1.00 bits per heavy atom. The average molecular weight is 564 g/mol. The van der Waals surface area contributed by atoms with E-state index >= 15 is 0 Å². The topological polar surface area (TPSA) is 83.1 Å². The summed E-state index contributed by atoms with van der Waals surface area (Å²) in [6.07, 6.45) is 0. The molecule has 0 bridgehead atoms. The molecule has 0 radical (unpaired) electrons. The molecule has 0 fully saturated rings. The molecule has 36 heavy (non-hydrogen) atoms. The van der Waals surface area contributed by atoms with Gasteiger partial charge in [-0.1, -0.05) is 76.4 Å². The van der Waals surface area contributed by atoms with Gasteiger partial charge < -0.3 is 4.74 Å². The quantitative estimate of drug-likeness (QED) is 0.119. The van der Waals surface area contributed by atoms with E-state index in [0.717, 1.165) is 16.8 Å². The molecule has 0 aliphatic rings. The number of benzene rings is 3. The molecule has 0 spiro atoms. The highest BCUT2D eigenvalue weighted by Gasteiger charge is 2.24. The highest BCUT2D eigenvalue weighted by molar-refractivity contribution is 7.99. The molecule has 3 aromatic carbocycles. The van der Waals surface area contributed by atoms with Crippen molar-refractivity contribution in [3.05, 3.63) is 108 Å². The summed E-state index contributed by atoms with van der Waals surface area (Å²) in [5.74, 6) is 1.12. The molecule has 0 saturated heterocycles. The van der Waals surface area contributed by atoms with Gasteiger partial charge in [-0.15, -0.1) is 10.2 Å². The number of nitrogens with zero attached hydrogens (tertiary/aromatic N) is 4. The minimum absolute atomic E-state index is 0.196. The number of aromatic nitrogens is 3. The van der Waals surface area contributed by atoms with E-state index in [1.54, 1.807) is 36.4 Å². The Kier molecular flexibility index (Phi) is 8.41. The SMILES string of the molecule is Cc1ccc(-n2c(C)nnc2S[C@H](C[N+](=O)[O-])c2ccc(OCc3ccc(Cl)cc3Cl)c(Cl)c2)cc1. The molecule has 0 amide bonds. The van der Waals surface area contributed by atoms with Crippen LogP contribution in [0.3, 0.4) is 0 Å². The van der Waals surface area contributed by atoms with Gasteiger partial charge in [-0.25, -0.2) is 0 Å². The van der Waals surface area contributed by atoms with Crippen molar-refractivity contribution in [3.8, 4) is 11.4 Å². The zero-order chi connectivity index (χ0) is 25.8. The monoisotopic (exact) mass is 562 g/mol. The lowest BCUT2D eigenvalue weighted by Gasteiger charge is -2.16. The van der Waals surface area contributed by atoms with E-state index in [9.17, 15) is 10.1 Å². The zero-order valence-corrected chi connectivity index (χ0v) is 22.4. The van der Waals surface area contributed by atoms with Gasteiger partial charge in [-0.3, -0.25) is 14.7 Å². The van der Waals surface area contributed by atoms with Crippen LogP contribution in [0.4, 0.5) is 0 Å². The minimum atomic E-state index is -0.551. The standard InChI is InChI=1S/C25H21Cl3N4O3S/c1-15-3-8-20(9-4-15)32-16(2)29-30-25(32)36-24(13-31(33)34)17-6-10-23(22(28)11-17)35-14-18-5-7-19(26)12-21(18)27/h3-12,24H,13-14H2,1-2H3/t24-/m1/s1. The molecule has 4 aromatic rings. The molecule has 186 valence electrons. The fourth-order valence-corrected chi connectivity index (χ4v) is 5.38. The molecule has 0 aliphatic heterocycles. The maximum Gasteiger partial charge on any atom is 0.220 e. The Bertz CT molecular complexity index is 1400. The maximum atomic E-state index is 11.5. The second-order valence-electron chi connectivity index (χ2n) is 8.04. The Morgan fingerprint density at radius 2 is 1.75 bits per heavy atom. The van der Waals surface area contributed by atoms with E-state index in [4.69, 9.17) is 39.5 Å². The predicted octanol–water partition coefficient (Wildman–Crippen LogP) is 7.53. The van der Waals surface area contributed by atoms with Crippen molar-refractivity contribution in [1.82, 2.24) is 14.8 Å². The normalized spacial score (nSPS) is 11.9. The van der Waals surface area contributed by atoms with Gasteiger partial charge in [0, 0.05) is 26.2 Å². The van der Waals surface area contributed by atoms with Crippen molar-refractivity contribution in [1.29, 1.82) is 0 Å². The first kappa shape index (κ1) is 26.3. The number of thioether (sulfide) groups is 1. The molecule has 0 aliphatic carbocycles. The summed E-state index contributed by atoms with van der Waals surface area (Å²) < 4.78 is 7.72. The molecule has 1 heterocycles. The Morgan fingerprint density at radius 3 is 2.42 bits per heavy atom.